The van der Waals surface area contributed by atoms with Crippen LogP contribution in [0, 0.1) is 13.8 Å². The Balaban J connectivity index is 2.13. The van der Waals surface area contributed by atoms with Crippen LogP contribution in [-0.2, 0) is 24.3 Å². The zero-order valence-electron chi connectivity index (χ0n) is 14.7. The van der Waals surface area contributed by atoms with E-state index < -0.39 is 21.9 Å². The molecule has 0 spiro atoms. The summed E-state index contributed by atoms with van der Waals surface area (Å²) < 4.78 is 32.1. The Bertz CT molecular complexity index is 760. The minimum Gasteiger partial charge on any atom is -0.459 e. The second kappa shape index (κ2) is 7.97. The summed E-state index contributed by atoms with van der Waals surface area (Å²) in [6, 6.07) is 4.95. The summed E-state index contributed by atoms with van der Waals surface area (Å²) in [7, 11) is -3.65. The lowest BCUT2D eigenvalue weighted by atomic mass is 10.2. The van der Waals surface area contributed by atoms with Crippen LogP contribution in [0.3, 0.4) is 0 Å². The molecule has 1 heterocycles. The number of carbonyl (C=O) groups is 2. The van der Waals surface area contributed by atoms with Crippen molar-refractivity contribution in [1.82, 2.24) is 9.62 Å². The van der Waals surface area contributed by atoms with Crippen LogP contribution in [0.15, 0.2) is 23.1 Å². The lowest BCUT2D eigenvalue weighted by Gasteiger charge is -2.25. The molecule has 1 aromatic rings. The smallest absolute Gasteiger partial charge is 0.396 e. The second-order valence-electron chi connectivity index (χ2n) is 6.11. The van der Waals surface area contributed by atoms with Gasteiger partial charge in [0.15, 0.2) is 0 Å². The number of carbonyl (C=O) groups excluding carboxylic acids is 2. The summed E-state index contributed by atoms with van der Waals surface area (Å²) in [6.07, 6.45) is 1.34. The van der Waals surface area contributed by atoms with Gasteiger partial charge in [-0.1, -0.05) is 12.1 Å². The van der Waals surface area contributed by atoms with Gasteiger partial charge in [-0.3, -0.25) is 4.79 Å². The third-order valence-corrected chi connectivity index (χ3v) is 6.31. The molecule has 25 heavy (non-hydrogen) atoms. The predicted molar refractivity (Wildman–Crippen MR) is 92.5 cm³/mol. The highest BCUT2D eigenvalue weighted by molar-refractivity contribution is 7.89. The first-order chi connectivity index (χ1) is 11.8. The Labute approximate surface area is 148 Å². The van der Waals surface area contributed by atoms with Gasteiger partial charge in [0.2, 0.25) is 10.0 Å². The second-order valence-corrected chi connectivity index (χ2v) is 7.97. The van der Waals surface area contributed by atoms with E-state index in [1.165, 1.54) is 4.31 Å². The normalized spacial score (nSPS) is 18.1. The van der Waals surface area contributed by atoms with Crippen molar-refractivity contribution in [3.05, 3.63) is 29.3 Å². The van der Waals surface area contributed by atoms with Crippen molar-refractivity contribution in [2.24, 2.45) is 0 Å². The summed E-state index contributed by atoms with van der Waals surface area (Å²) in [4.78, 5) is 23.3. The lowest BCUT2D eigenvalue weighted by Crippen LogP contribution is -2.45. The largest absolute Gasteiger partial charge is 0.459 e. The number of esters is 1. The van der Waals surface area contributed by atoms with Crippen LogP contribution in [0.2, 0.25) is 0 Å². The van der Waals surface area contributed by atoms with Gasteiger partial charge in [-0.25, -0.2) is 13.2 Å². The van der Waals surface area contributed by atoms with Crippen LogP contribution in [0.25, 0.3) is 0 Å². The Hall–Kier alpha value is -1.93. The maximum absolute atomic E-state index is 13.0. The fourth-order valence-electron chi connectivity index (χ4n) is 2.92. The van der Waals surface area contributed by atoms with E-state index in [2.05, 4.69) is 10.1 Å². The molecule has 1 aliphatic heterocycles. The molecule has 0 aromatic heterocycles. The molecule has 1 atom stereocenters. The molecule has 1 aromatic carbocycles. The SMILES string of the molecule is CCOC(=O)C(=O)NC[C@H]1CCCN1S(=O)(=O)c1cc(C)ccc1C. The molecular weight excluding hydrogens is 344 g/mol. The van der Waals surface area contributed by atoms with Crippen molar-refractivity contribution in [3.8, 4) is 0 Å². The number of nitrogens with one attached hydrogen (secondary N) is 1. The maximum Gasteiger partial charge on any atom is 0.396 e. The first-order valence-corrected chi connectivity index (χ1v) is 9.75. The summed E-state index contributed by atoms with van der Waals surface area (Å²) in [6.45, 7) is 5.82. The summed E-state index contributed by atoms with van der Waals surface area (Å²) >= 11 is 0. The lowest BCUT2D eigenvalue weighted by molar-refractivity contribution is -0.154. The quantitative estimate of drug-likeness (QED) is 0.621. The highest BCUT2D eigenvalue weighted by Crippen LogP contribution is 2.28. The van der Waals surface area contributed by atoms with Gasteiger partial charge in [0.25, 0.3) is 0 Å². The Morgan fingerprint density at radius 3 is 2.72 bits per heavy atom. The van der Waals surface area contributed by atoms with Gasteiger partial charge in [0, 0.05) is 19.1 Å². The molecule has 1 fully saturated rings. The number of benzene rings is 1. The number of nitrogens with zero attached hydrogens (tertiary/aromatic N) is 1. The zero-order chi connectivity index (χ0) is 18.6. The highest BCUT2D eigenvalue weighted by Gasteiger charge is 2.36. The molecule has 0 unspecified atom stereocenters. The standard InChI is InChI=1S/C17H24N2O5S/c1-4-24-17(21)16(20)18-11-14-6-5-9-19(14)25(22,23)15-10-12(2)7-8-13(15)3/h7-8,10,14H,4-6,9,11H2,1-3H3,(H,18,20)/t14-/m1/s1. The molecule has 0 saturated carbocycles. The third-order valence-electron chi connectivity index (χ3n) is 4.21. The van der Waals surface area contributed by atoms with E-state index in [-0.39, 0.29) is 24.1 Å². The van der Waals surface area contributed by atoms with Crippen LogP contribution in [-0.4, -0.2) is 50.3 Å². The van der Waals surface area contributed by atoms with E-state index in [1.54, 1.807) is 26.0 Å². The van der Waals surface area contributed by atoms with Gasteiger partial charge < -0.3 is 10.1 Å². The molecule has 8 heteroatoms. The first kappa shape index (κ1) is 19.4. The molecule has 1 saturated heterocycles. The minimum absolute atomic E-state index is 0.0851. The van der Waals surface area contributed by atoms with Crippen molar-refractivity contribution in [3.63, 3.8) is 0 Å². The van der Waals surface area contributed by atoms with Crippen LogP contribution in [0.5, 0.6) is 0 Å². The molecule has 1 N–H and O–H groups in total. The third kappa shape index (κ3) is 4.38. The van der Waals surface area contributed by atoms with Crippen LogP contribution in [0.4, 0.5) is 0 Å². The van der Waals surface area contributed by atoms with Crippen LogP contribution >= 0.6 is 0 Å². The fraction of sp³-hybridized carbons (Fsp3) is 0.529. The van der Waals surface area contributed by atoms with Crippen molar-refractivity contribution in [2.45, 2.75) is 44.6 Å². The van der Waals surface area contributed by atoms with Gasteiger partial charge >= 0.3 is 11.9 Å². The Kier molecular flexibility index (Phi) is 6.18. The van der Waals surface area contributed by atoms with E-state index in [0.717, 1.165) is 5.56 Å². The molecule has 1 aliphatic rings. The van der Waals surface area contributed by atoms with Crippen molar-refractivity contribution >= 4 is 21.9 Å². The topological polar surface area (TPSA) is 92.8 Å². The van der Waals surface area contributed by atoms with E-state index in [0.29, 0.717) is 24.9 Å². The highest BCUT2D eigenvalue weighted by atomic mass is 32.2. The van der Waals surface area contributed by atoms with Gasteiger partial charge in [-0.15, -0.1) is 0 Å². The number of hydrogen-bond acceptors (Lipinski definition) is 5. The van der Waals surface area contributed by atoms with E-state index in [9.17, 15) is 18.0 Å². The van der Waals surface area contributed by atoms with Crippen LogP contribution in [0.1, 0.15) is 30.9 Å². The molecule has 7 nitrogen and oxygen atoms in total. The number of amides is 1. The number of aryl methyl sites for hydroxylation is 2. The van der Waals surface area contributed by atoms with E-state index >= 15 is 0 Å². The van der Waals surface area contributed by atoms with E-state index in [1.807, 2.05) is 13.0 Å². The predicted octanol–water partition coefficient (Wildman–Crippen LogP) is 1.14. The number of hydrogen-bond donors (Lipinski definition) is 1. The fourth-order valence-corrected chi connectivity index (χ4v) is 4.92. The number of ether oxygens (including phenoxy) is 1. The molecule has 138 valence electrons. The van der Waals surface area contributed by atoms with Crippen molar-refractivity contribution in [2.75, 3.05) is 19.7 Å². The average molecular weight is 368 g/mol. The van der Waals surface area contributed by atoms with Gasteiger partial charge in [-0.2, -0.15) is 4.31 Å². The zero-order valence-corrected chi connectivity index (χ0v) is 15.6. The molecule has 0 bridgehead atoms. The van der Waals surface area contributed by atoms with E-state index in [4.69, 9.17) is 0 Å². The molecule has 2 rings (SSSR count). The summed E-state index contributed by atoms with van der Waals surface area (Å²) in [5.74, 6) is -1.80. The molecule has 1 amide bonds. The summed E-state index contributed by atoms with van der Waals surface area (Å²) in [5.41, 5.74) is 1.56. The molecule has 0 aliphatic carbocycles. The van der Waals surface area contributed by atoms with Gasteiger partial charge in [-0.05, 0) is 50.8 Å². The Morgan fingerprint density at radius 1 is 1.32 bits per heavy atom. The number of sulfonamides is 1. The monoisotopic (exact) mass is 368 g/mol. The minimum atomic E-state index is -3.65. The first-order valence-electron chi connectivity index (χ1n) is 8.31. The number of rotatable bonds is 5. The van der Waals surface area contributed by atoms with Gasteiger partial charge in [0.1, 0.15) is 0 Å². The van der Waals surface area contributed by atoms with Crippen molar-refractivity contribution in [1.29, 1.82) is 0 Å². The van der Waals surface area contributed by atoms with Gasteiger partial charge in [0.05, 0.1) is 11.5 Å². The Morgan fingerprint density at radius 2 is 2.04 bits per heavy atom. The maximum atomic E-state index is 13.0. The van der Waals surface area contributed by atoms with Crippen molar-refractivity contribution < 1.29 is 22.7 Å². The molecule has 0 radical (unpaired) electrons. The van der Waals surface area contributed by atoms with Crippen LogP contribution < -0.4 is 5.32 Å². The average Bonchev–Trinajstić information content (AvgIpc) is 3.04. The summed E-state index contributed by atoms with van der Waals surface area (Å²) in [5, 5.41) is 2.47. The molecular formula is C17H24N2O5S.